The molecule has 0 aliphatic heterocycles. The van der Waals surface area contributed by atoms with Gasteiger partial charge < -0.3 is 10.4 Å². The van der Waals surface area contributed by atoms with E-state index in [1.54, 1.807) is 11.7 Å². The summed E-state index contributed by atoms with van der Waals surface area (Å²) < 4.78 is 1.58. The number of nitrogens with zero attached hydrogens (tertiary/aromatic N) is 2. The Morgan fingerprint density at radius 1 is 1.32 bits per heavy atom. The molecule has 0 bridgehead atoms. The summed E-state index contributed by atoms with van der Waals surface area (Å²) in [5.74, 6) is -0.953. The van der Waals surface area contributed by atoms with Crippen LogP contribution >= 0.6 is 0 Å². The zero-order valence-electron chi connectivity index (χ0n) is 11.3. The van der Waals surface area contributed by atoms with E-state index in [0.29, 0.717) is 12.2 Å². The molecule has 0 saturated carbocycles. The van der Waals surface area contributed by atoms with Gasteiger partial charge in [0, 0.05) is 12.7 Å². The van der Waals surface area contributed by atoms with Gasteiger partial charge in [-0.25, -0.2) is 4.79 Å². The van der Waals surface area contributed by atoms with Gasteiger partial charge in [-0.05, 0) is 37.1 Å². The van der Waals surface area contributed by atoms with Crippen molar-refractivity contribution in [2.75, 3.05) is 5.32 Å². The van der Waals surface area contributed by atoms with Crippen molar-refractivity contribution in [3.63, 3.8) is 0 Å². The van der Waals surface area contributed by atoms with Gasteiger partial charge in [0.2, 0.25) is 0 Å². The number of carboxylic acids is 1. The summed E-state index contributed by atoms with van der Waals surface area (Å²) >= 11 is 0. The van der Waals surface area contributed by atoms with E-state index in [0.717, 1.165) is 5.69 Å². The molecular weight excluding hydrogens is 242 g/mol. The minimum atomic E-state index is -0.953. The molecule has 1 aromatic carbocycles. The predicted octanol–water partition coefficient (Wildman–Crippen LogP) is 2.35. The van der Waals surface area contributed by atoms with E-state index in [2.05, 4.69) is 16.5 Å². The zero-order chi connectivity index (χ0) is 14.0. The average molecular weight is 259 g/mol. The Labute approximate surface area is 111 Å². The minimum Gasteiger partial charge on any atom is -0.478 e. The molecule has 2 N–H and O–H groups in total. The van der Waals surface area contributed by atoms with Crippen molar-refractivity contribution in [3.8, 4) is 0 Å². The van der Waals surface area contributed by atoms with Crippen LogP contribution in [0, 0.1) is 13.8 Å². The van der Waals surface area contributed by atoms with E-state index in [1.165, 1.54) is 17.3 Å². The van der Waals surface area contributed by atoms with Crippen LogP contribution in [0.2, 0.25) is 0 Å². The second-order valence-corrected chi connectivity index (χ2v) is 4.66. The summed E-state index contributed by atoms with van der Waals surface area (Å²) in [5, 5.41) is 16.3. The van der Waals surface area contributed by atoms with Crippen molar-refractivity contribution in [2.24, 2.45) is 7.05 Å². The number of benzene rings is 1. The molecule has 0 fully saturated rings. The molecule has 0 aliphatic carbocycles. The van der Waals surface area contributed by atoms with E-state index >= 15 is 0 Å². The van der Waals surface area contributed by atoms with Crippen LogP contribution in [-0.4, -0.2) is 20.9 Å². The van der Waals surface area contributed by atoms with Crippen molar-refractivity contribution in [1.29, 1.82) is 0 Å². The number of aromatic carboxylic acids is 1. The Morgan fingerprint density at radius 3 is 2.53 bits per heavy atom. The number of anilines is 1. The molecule has 1 heterocycles. The molecule has 2 rings (SSSR count). The van der Waals surface area contributed by atoms with Gasteiger partial charge in [-0.2, -0.15) is 5.10 Å². The van der Waals surface area contributed by atoms with Crippen LogP contribution in [0.3, 0.4) is 0 Å². The lowest BCUT2D eigenvalue weighted by Gasteiger charge is -2.09. The van der Waals surface area contributed by atoms with Crippen LogP contribution in [0.25, 0.3) is 0 Å². The maximum Gasteiger partial charge on any atom is 0.339 e. The molecule has 0 atom stereocenters. The van der Waals surface area contributed by atoms with E-state index in [4.69, 9.17) is 5.11 Å². The number of rotatable bonds is 4. The lowest BCUT2D eigenvalue weighted by atomic mass is 10.1. The van der Waals surface area contributed by atoms with Crippen molar-refractivity contribution in [2.45, 2.75) is 20.4 Å². The molecular formula is C14H17N3O2. The highest BCUT2D eigenvalue weighted by atomic mass is 16.4. The topological polar surface area (TPSA) is 67.2 Å². The SMILES string of the molecule is Cc1cc(C)cc(NCc2c(C(=O)O)cnn2C)c1. The van der Waals surface area contributed by atoms with Crippen molar-refractivity contribution in [1.82, 2.24) is 9.78 Å². The highest BCUT2D eigenvalue weighted by Gasteiger charge is 2.14. The molecule has 2 aromatic rings. The zero-order valence-corrected chi connectivity index (χ0v) is 11.3. The van der Waals surface area contributed by atoms with Gasteiger partial charge in [0.15, 0.2) is 0 Å². The molecule has 100 valence electrons. The van der Waals surface area contributed by atoms with Crippen LogP contribution < -0.4 is 5.32 Å². The number of carboxylic acid groups (broad SMARTS) is 1. The highest BCUT2D eigenvalue weighted by molar-refractivity contribution is 5.88. The fourth-order valence-electron chi connectivity index (χ4n) is 2.11. The lowest BCUT2D eigenvalue weighted by molar-refractivity contribution is 0.0695. The van der Waals surface area contributed by atoms with Gasteiger partial charge >= 0.3 is 5.97 Å². The third-order valence-corrected chi connectivity index (χ3v) is 2.97. The van der Waals surface area contributed by atoms with Crippen LogP contribution in [0.5, 0.6) is 0 Å². The van der Waals surface area contributed by atoms with Gasteiger partial charge in [-0.1, -0.05) is 6.07 Å². The van der Waals surface area contributed by atoms with Crippen LogP contribution in [0.4, 0.5) is 5.69 Å². The average Bonchev–Trinajstić information content (AvgIpc) is 2.67. The maximum atomic E-state index is 11.1. The van der Waals surface area contributed by atoms with E-state index in [1.807, 2.05) is 26.0 Å². The first kappa shape index (κ1) is 13.1. The second kappa shape index (κ2) is 5.14. The summed E-state index contributed by atoms with van der Waals surface area (Å²) in [6, 6.07) is 6.16. The Balaban J connectivity index is 2.18. The third kappa shape index (κ3) is 2.93. The number of aryl methyl sites for hydroxylation is 3. The predicted molar refractivity (Wildman–Crippen MR) is 73.4 cm³/mol. The molecule has 1 aromatic heterocycles. The molecule has 0 amide bonds. The van der Waals surface area contributed by atoms with E-state index < -0.39 is 5.97 Å². The third-order valence-electron chi connectivity index (χ3n) is 2.97. The van der Waals surface area contributed by atoms with Gasteiger partial charge in [0.25, 0.3) is 0 Å². The Hall–Kier alpha value is -2.30. The van der Waals surface area contributed by atoms with Gasteiger partial charge in [-0.3, -0.25) is 4.68 Å². The summed E-state index contributed by atoms with van der Waals surface area (Å²) in [6.07, 6.45) is 1.38. The number of hydrogen-bond donors (Lipinski definition) is 2. The first-order valence-electron chi connectivity index (χ1n) is 6.03. The summed E-state index contributed by atoms with van der Waals surface area (Å²) in [7, 11) is 1.74. The first-order chi connectivity index (χ1) is 8.97. The van der Waals surface area contributed by atoms with Gasteiger partial charge in [0.1, 0.15) is 5.56 Å². The fraction of sp³-hybridized carbons (Fsp3) is 0.286. The first-order valence-corrected chi connectivity index (χ1v) is 6.03. The maximum absolute atomic E-state index is 11.1. The summed E-state index contributed by atoms with van der Waals surface area (Å²) in [4.78, 5) is 11.1. The molecule has 0 saturated heterocycles. The highest BCUT2D eigenvalue weighted by Crippen LogP contribution is 2.16. The van der Waals surface area contributed by atoms with Gasteiger partial charge in [0.05, 0.1) is 18.4 Å². The minimum absolute atomic E-state index is 0.236. The number of aromatic nitrogens is 2. The monoisotopic (exact) mass is 259 g/mol. The number of carbonyl (C=O) groups is 1. The molecule has 19 heavy (non-hydrogen) atoms. The molecule has 0 aliphatic rings. The number of nitrogens with one attached hydrogen (secondary N) is 1. The fourth-order valence-corrected chi connectivity index (χ4v) is 2.11. The largest absolute Gasteiger partial charge is 0.478 e. The quantitative estimate of drug-likeness (QED) is 0.884. The normalized spacial score (nSPS) is 10.5. The van der Waals surface area contributed by atoms with E-state index in [-0.39, 0.29) is 5.56 Å². The van der Waals surface area contributed by atoms with Crippen LogP contribution in [-0.2, 0) is 13.6 Å². The van der Waals surface area contributed by atoms with Crippen LogP contribution in [0.15, 0.2) is 24.4 Å². The lowest BCUT2D eigenvalue weighted by Crippen LogP contribution is -2.10. The molecule has 0 radical (unpaired) electrons. The van der Waals surface area contributed by atoms with Crippen molar-refractivity contribution < 1.29 is 9.90 Å². The summed E-state index contributed by atoms with van der Waals surface area (Å²) in [6.45, 7) is 4.50. The molecule has 0 unspecified atom stereocenters. The summed E-state index contributed by atoms with van der Waals surface area (Å²) in [5.41, 5.74) is 4.22. The van der Waals surface area contributed by atoms with Gasteiger partial charge in [-0.15, -0.1) is 0 Å². The molecule has 5 heteroatoms. The molecule has 0 spiro atoms. The van der Waals surface area contributed by atoms with Crippen LogP contribution in [0.1, 0.15) is 27.2 Å². The Morgan fingerprint density at radius 2 is 1.95 bits per heavy atom. The van der Waals surface area contributed by atoms with E-state index in [9.17, 15) is 4.79 Å². The van der Waals surface area contributed by atoms with Crippen molar-refractivity contribution in [3.05, 3.63) is 46.8 Å². The Kier molecular flexibility index (Phi) is 3.55. The Bertz CT molecular complexity index is 597. The number of hydrogen-bond acceptors (Lipinski definition) is 3. The smallest absolute Gasteiger partial charge is 0.339 e. The molecule has 5 nitrogen and oxygen atoms in total. The second-order valence-electron chi connectivity index (χ2n) is 4.66. The van der Waals surface area contributed by atoms with Crippen molar-refractivity contribution >= 4 is 11.7 Å². The standard InChI is InChI=1S/C14H17N3O2/c1-9-4-10(2)6-11(5-9)15-8-13-12(14(18)19)7-16-17(13)3/h4-7,15H,8H2,1-3H3,(H,18,19).